The zero-order chi connectivity index (χ0) is 16.5. The highest BCUT2D eigenvalue weighted by atomic mass is 19.4. The number of hydrogen-bond acceptors (Lipinski definition) is 3. The van der Waals surface area contributed by atoms with Crippen molar-refractivity contribution in [2.75, 3.05) is 11.6 Å². The zero-order valence-electron chi connectivity index (χ0n) is 10.9. The van der Waals surface area contributed by atoms with Crippen molar-refractivity contribution in [3.63, 3.8) is 0 Å². The van der Waals surface area contributed by atoms with E-state index in [1.54, 1.807) is 0 Å². The number of nitrogens with zero attached hydrogens (tertiary/aromatic N) is 2. The molecule has 1 N–H and O–H groups in total. The average molecular weight is 314 g/mol. The SMILES string of the molecule is N#Cc1ccc(N2C(=O)N[C](CCF)C2=O)cc1C(F)(F)F. The van der Waals surface area contributed by atoms with E-state index in [0.29, 0.717) is 11.0 Å². The van der Waals surface area contributed by atoms with E-state index in [0.717, 1.165) is 12.1 Å². The first kappa shape index (κ1) is 15.8. The van der Waals surface area contributed by atoms with Crippen molar-refractivity contribution >= 4 is 17.6 Å². The van der Waals surface area contributed by atoms with Crippen LogP contribution in [0.3, 0.4) is 0 Å². The van der Waals surface area contributed by atoms with Gasteiger partial charge in [-0.05, 0) is 18.2 Å². The van der Waals surface area contributed by atoms with Crippen molar-refractivity contribution in [1.82, 2.24) is 5.32 Å². The number of benzene rings is 1. The Kier molecular flexibility index (Phi) is 4.03. The van der Waals surface area contributed by atoms with Gasteiger partial charge in [0.1, 0.15) is 0 Å². The van der Waals surface area contributed by atoms with Gasteiger partial charge in [-0.25, -0.2) is 9.69 Å². The highest BCUT2D eigenvalue weighted by Crippen LogP contribution is 2.35. The van der Waals surface area contributed by atoms with Gasteiger partial charge in [-0.2, -0.15) is 18.4 Å². The summed E-state index contributed by atoms with van der Waals surface area (Å²) in [7, 11) is 0. The van der Waals surface area contributed by atoms with Crippen LogP contribution < -0.4 is 10.2 Å². The smallest absolute Gasteiger partial charge is 0.320 e. The highest BCUT2D eigenvalue weighted by molar-refractivity contribution is 6.25. The molecule has 0 aliphatic carbocycles. The van der Waals surface area contributed by atoms with Crippen LogP contribution in [0.25, 0.3) is 0 Å². The third-order valence-corrected chi connectivity index (χ3v) is 2.95. The standard InChI is InChI=1S/C13H8F4N3O2/c14-4-3-10-11(21)20(12(22)19-10)8-2-1-7(6-18)9(5-8)13(15,16)17/h1-2,5H,3-4H2,(H,19,22). The summed E-state index contributed by atoms with van der Waals surface area (Å²) in [6.45, 7) is -0.892. The number of anilines is 1. The molecule has 5 nitrogen and oxygen atoms in total. The lowest BCUT2D eigenvalue weighted by molar-refractivity contribution is -0.137. The minimum atomic E-state index is -4.81. The van der Waals surface area contributed by atoms with Gasteiger partial charge in [0.15, 0.2) is 6.04 Å². The molecule has 0 bridgehead atoms. The number of carbonyl (C=O) groups excluding carboxylic acids is 2. The van der Waals surface area contributed by atoms with Crippen molar-refractivity contribution in [2.24, 2.45) is 0 Å². The lowest BCUT2D eigenvalue weighted by Crippen LogP contribution is -2.31. The normalized spacial score (nSPS) is 15.9. The van der Waals surface area contributed by atoms with Crippen molar-refractivity contribution in [1.29, 1.82) is 5.26 Å². The summed E-state index contributed by atoms with van der Waals surface area (Å²) in [4.78, 5) is 24.1. The number of nitrogens with one attached hydrogen (secondary N) is 1. The van der Waals surface area contributed by atoms with E-state index in [9.17, 15) is 27.2 Å². The summed E-state index contributed by atoms with van der Waals surface area (Å²) in [5.41, 5.74) is -2.23. The van der Waals surface area contributed by atoms with E-state index in [1.165, 1.54) is 6.07 Å². The molecular weight excluding hydrogens is 306 g/mol. The first-order valence-corrected chi connectivity index (χ1v) is 5.98. The van der Waals surface area contributed by atoms with Crippen molar-refractivity contribution in [2.45, 2.75) is 12.6 Å². The van der Waals surface area contributed by atoms with Crippen LogP contribution >= 0.6 is 0 Å². The Hall–Kier alpha value is -2.63. The van der Waals surface area contributed by atoms with Gasteiger partial charge in [0.05, 0.1) is 29.6 Å². The molecule has 1 aromatic carbocycles. The molecule has 0 aromatic heterocycles. The van der Waals surface area contributed by atoms with Gasteiger partial charge in [0.25, 0.3) is 5.91 Å². The summed E-state index contributed by atoms with van der Waals surface area (Å²) < 4.78 is 50.9. The number of alkyl halides is 4. The van der Waals surface area contributed by atoms with Crippen LogP contribution in [0.5, 0.6) is 0 Å². The van der Waals surface area contributed by atoms with Crippen LogP contribution in [0.15, 0.2) is 18.2 Å². The second kappa shape index (κ2) is 5.63. The van der Waals surface area contributed by atoms with Crippen LogP contribution in [0.4, 0.5) is 28.0 Å². The largest absolute Gasteiger partial charge is 0.417 e. The van der Waals surface area contributed by atoms with Gasteiger partial charge in [0.2, 0.25) is 0 Å². The minimum Gasteiger partial charge on any atom is -0.320 e. The van der Waals surface area contributed by atoms with Crippen molar-refractivity contribution in [3.8, 4) is 6.07 Å². The van der Waals surface area contributed by atoms with Crippen LogP contribution in [0.1, 0.15) is 17.5 Å². The molecular formula is C13H8F4N3O2. The molecule has 2 rings (SSSR count). The Labute approximate surface area is 122 Å². The summed E-state index contributed by atoms with van der Waals surface area (Å²) in [6, 6.07) is 2.64. The van der Waals surface area contributed by atoms with E-state index < -0.39 is 35.9 Å². The number of halogens is 4. The van der Waals surface area contributed by atoms with Crippen LogP contribution in [-0.4, -0.2) is 18.6 Å². The summed E-state index contributed by atoms with van der Waals surface area (Å²) in [6.07, 6.45) is -5.16. The van der Waals surface area contributed by atoms with Gasteiger partial charge in [0, 0.05) is 6.42 Å². The number of amides is 3. The molecule has 0 atom stereocenters. The molecule has 1 aliphatic heterocycles. The molecule has 3 amide bonds. The Balaban J connectivity index is 2.44. The van der Waals surface area contributed by atoms with E-state index in [1.807, 2.05) is 0 Å². The first-order valence-electron chi connectivity index (χ1n) is 5.98. The highest BCUT2D eigenvalue weighted by Gasteiger charge is 2.41. The molecule has 1 aromatic rings. The second-order valence-corrected chi connectivity index (χ2v) is 4.33. The minimum absolute atomic E-state index is 0.231. The van der Waals surface area contributed by atoms with E-state index in [2.05, 4.69) is 5.32 Å². The molecule has 1 radical (unpaired) electrons. The number of hydrogen-bond donors (Lipinski definition) is 1. The lowest BCUT2D eigenvalue weighted by atomic mass is 10.1. The molecule has 1 fully saturated rings. The van der Waals surface area contributed by atoms with Crippen LogP contribution in [-0.2, 0) is 11.0 Å². The predicted molar refractivity (Wildman–Crippen MR) is 66.0 cm³/mol. The third kappa shape index (κ3) is 2.72. The summed E-state index contributed by atoms with van der Waals surface area (Å²) in [5, 5.41) is 10.8. The third-order valence-electron chi connectivity index (χ3n) is 2.95. The van der Waals surface area contributed by atoms with Gasteiger partial charge < -0.3 is 5.32 Å². The number of carbonyl (C=O) groups is 2. The Morgan fingerprint density at radius 3 is 2.50 bits per heavy atom. The molecule has 0 spiro atoms. The zero-order valence-corrected chi connectivity index (χ0v) is 10.9. The lowest BCUT2D eigenvalue weighted by Gasteiger charge is -2.16. The number of imide groups is 1. The molecule has 115 valence electrons. The maximum absolute atomic E-state index is 12.9. The Morgan fingerprint density at radius 2 is 1.95 bits per heavy atom. The summed E-state index contributed by atoms with van der Waals surface area (Å²) in [5.74, 6) is -0.916. The van der Waals surface area contributed by atoms with Gasteiger partial charge in [-0.15, -0.1) is 0 Å². The van der Waals surface area contributed by atoms with Gasteiger partial charge in [-0.1, -0.05) is 0 Å². The second-order valence-electron chi connectivity index (χ2n) is 4.33. The molecule has 1 aliphatic rings. The van der Waals surface area contributed by atoms with E-state index in [-0.39, 0.29) is 18.2 Å². The maximum Gasteiger partial charge on any atom is 0.417 e. The molecule has 22 heavy (non-hydrogen) atoms. The molecule has 0 saturated carbocycles. The van der Waals surface area contributed by atoms with Crippen molar-refractivity contribution < 1.29 is 27.2 Å². The molecule has 1 saturated heterocycles. The van der Waals surface area contributed by atoms with Crippen LogP contribution in [0, 0.1) is 17.4 Å². The van der Waals surface area contributed by atoms with Gasteiger partial charge >= 0.3 is 12.2 Å². The van der Waals surface area contributed by atoms with Gasteiger partial charge in [-0.3, -0.25) is 9.18 Å². The fourth-order valence-electron chi connectivity index (χ4n) is 1.97. The monoisotopic (exact) mass is 314 g/mol. The predicted octanol–water partition coefficient (Wildman–Crippen LogP) is 2.52. The van der Waals surface area contributed by atoms with E-state index >= 15 is 0 Å². The fourth-order valence-corrected chi connectivity index (χ4v) is 1.97. The van der Waals surface area contributed by atoms with E-state index in [4.69, 9.17) is 5.26 Å². The Bertz CT molecular complexity index is 666. The molecule has 1 heterocycles. The first-order chi connectivity index (χ1) is 10.3. The number of nitriles is 1. The molecule has 9 heteroatoms. The summed E-state index contributed by atoms with van der Waals surface area (Å²) >= 11 is 0. The topological polar surface area (TPSA) is 73.2 Å². The van der Waals surface area contributed by atoms with Crippen molar-refractivity contribution in [3.05, 3.63) is 35.4 Å². The maximum atomic E-state index is 12.9. The fraction of sp³-hybridized carbons (Fsp3) is 0.231. The quantitative estimate of drug-likeness (QED) is 0.688. The van der Waals surface area contributed by atoms with Crippen LogP contribution in [0.2, 0.25) is 0 Å². The number of rotatable bonds is 3. The average Bonchev–Trinajstić information content (AvgIpc) is 2.72. The Morgan fingerprint density at radius 1 is 1.27 bits per heavy atom. The number of urea groups is 1. The molecule has 0 unspecified atom stereocenters.